The van der Waals surface area contributed by atoms with Gasteiger partial charge in [-0.2, -0.15) is 0 Å². The van der Waals surface area contributed by atoms with E-state index in [0.717, 1.165) is 32.2 Å². The molecule has 1 aliphatic rings. The van der Waals surface area contributed by atoms with Crippen molar-refractivity contribution in [1.82, 2.24) is 0 Å². The number of unbranched alkanes of at least 4 members (excludes halogenated alkanes) is 9. The summed E-state index contributed by atoms with van der Waals surface area (Å²) in [7, 11) is 0. The van der Waals surface area contributed by atoms with E-state index in [9.17, 15) is 0 Å². The maximum Gasteiger partial charge on any atom is 0.0703 e. The molecule has 1 rings (SSSR count). The van der Waals surface area contributed by atoms with Gasteiger partial charge in [0.05, 0.1) is 19.3 Å². The molecule has 0 aromatic rings. The van der Waals surface area contributed by atoms with Crippen LogP contribution >= 0.6 is 0 Å². The van der Waals surface area contributed by atoms with Gasteiger partial charge in [-0.3, -0.25) is 0 Å². The van der Waals surface area contributed by atoms with Crippen LogP contribution in [0.2, 0.25) is 0 Å². The summed E-state index contributed by atoms with van der Waals surface area (Å²) < 4.78 is 11.0. The van der Waals surface area contributed by atoms with Gasteiger partial charge in [0.1, 0.15) is 0 Å². The van der Waals surface area contributed by atoms with E-state index in [-0.39, 0.29) is 0 Å². The molecule has 26 heavy (non-hydrogen) atoms. The molecule has 0 bridgehead atoms. The van der Waals surface area contributed by atoms with E-state index in [1.165, 1.54) is 89.9 Å². The van der Waals surface area contributed by atoms with Crippen molar-refractivity contribution in [2.45, 2.75) is 116 Å². The first-order valence-electron chi connectivity index (χ1n) is 11.5. The van der Waals surface area contributed by atoms with Crippen molar-refractivity contribution in [3.63, 3.8) is 0 Å². The number of rotatable bonds is 15. The SMILES string of the molecule is CC(C)OCCOCCCCCCCCCCCC#CC1CCCCC1. The normalized spacial score (nSPS) is 15.2. The minimum absolute atomic E-state index is 0.313. The first kappa shape index (κ1) is 23.5. The van der Waals surface area contributed by atoms with Gasteiger partial charge in [-0.1, -0.05) is 70.1 Å². The zero-order valence-electron chi connectivity index (χ0n) is 17.7. The van der Waals surface area contributed by atoms with Gasteiger partial charge < -0.3 is 9.47 Å². The fourth-order valence-electron chi connectivity index (χ4n) is 3.56. The molecule has 152 valence electrons. The molecule has 0 aromatic carbocycles. The van der Waals surface area contributed by atoms with Crippen molar-refractivity contribution in [2.24, 2.45) is 5.92 Å². The van der Waals surface area contributed by atoms with Crippen LogP contribution in [-0.2, 0) is 9.47 Å². The summed E-state index contributed by atoms with van der Waals surface area (Å²) in [6.45, 7) is 6.48. The molecule has 2 nitrogen and oxygen atoms in total. The largest absolute Gasteiger partial charge is 0.379 e. The molecule has 0 heterocycles. The van der Waals surface area contributed by atoms with Crippen LogP contribution in [0.1, 0.15) is 110 Å². The number of ether oxygens (including phenoxy) is 2. The van der Waals surface area contributed by atoms with Crippen molar-refractivity contribution in [3.05, 3.63) is 0 Å². The van der Waals surface area contributed by atoms with Crippen molar-refractivity contribution >= 4 is 0 Å². The second-order valence-electron chi connectivity index (χ2n) is 8.12. The van der Waals surface area contributed by atoms with Crippen LogP contribution in [-0.4, -0.2) is 25.9 Å². The summed E-state index contributed by atoms with van der Waals surface area (Å²) in [5.41, 5.74) is 0. The van der Waals surface area contributed by atoms with Crippen LogP contribution in [0, 0.1) is 17.8 Å². The van der Waals surface area contributed by atoms with Crippen LogP contribution in [0.15, 0.2) is 0 Å². The van der Waals surface area contributed by atoms with Crippen molar-refractivity contribution in [1.29, 1.82) is 0 Å². The molecule has 0 N–H and O–H groups in total. The average Bonchev–Trinajstić information content (AvgIpc) is 2.65. The third-order valence-electron chi connectivity index (χ3n) is 5.18. The Balaban J connectivity index is 1.71. The molecule has 0 spiro atoms. The van der Waals surface area contributed by atoms with Gasteiger partial charge in [-0.05, 0) is 39.5 Å². The van der Waals surface area contributed by atoms with Gasteiger partial charge in [0.15, 0.2) is 0 Å². The molecule has 0 aromatic heterocycles. The molecular weight excluding hydrogens is 320 g/mol. The quantitative estimate of drug-likeness (QED) is 0.232. The van der Waals surface area contributed by atoms with E-state index in [4.69, 9.17) is 9.47 Å². The Morgan fingerprint density at radius 2 is 1.35 bits per heavy atom. The smallest absolute Gasteiger partial charge is 0.0703 e. The van der Waals surface area contributed by atoms with Crippen molar-refractivity contribution < 1.29 is 9.47 Å². The lowest BCUT2D eigenvalue weighted by atomic mass is 9.90. The Labute approximate surface area is 163 Å². The molecule has 0 saturated heterocycles. The van der Waals surface area contributed by atoms with Crippen molar-refractivity contribution in [3.8, 4) is 11.8 Å². The molecule has 0 atom stereocenters. The van der Waals surface area contributed by atoms with Crippen LogP contribution in [0.4, 0.5) is 0 Å². The third kappa shape index (κ3) is 15.7. The Kier molecular flexibility index (Phi) is 16.2. The Bertz CT molecular complexity index is 347. The average molecular weight is 365 g/mol. The molecule has 1 saturated carbocycles. The minimum Gasteiger partial charge on any atom is -0.379 e. The monoisotopic (exact) mass is 364 g/mol. The minimum atomic E-state index is 0.313. The lowest BCUT2D eigenvalue weighted by molar-refractivity contribution is 0.0186. The summed E-state index contributed by atoms with van der Waals surface area (Å²) >= 11 is 0. The molecule has 0 unspecified atom stereocenters. The van der Waals surface area contributed by atoms with Gasteiger partial charge in [0.25, 0.3) is 0 Å². The third-order valence-corrected chi connectivity index (χ3v) is 5.18. The summed E-state index contributed by atoms with van der Waals surface area (Å²) in [6.07, 6.45) is 20.5. The first-order valence-corrected chi connectivity index (χ1v) is 11.5. The highest BCUT2D eigenvalue weighted by molar-refractivity contribution is 5.04. The summed E-state index contributed by atoms with van der Waals surface area (Å²) in [5.74, 6) is 7.66. The van der Waals surface area contributed by atoms with E-state index in [1.807, 2.05) is 0 Å². The van der Waals surface area contributed by atoms with E-state index >= 15 is 0 Å². The zero-order chi connectivity index (χ0) is 18.7. The highest BCUT2D eigenvalue weighted by atomic mass is 16.5. The Hall–Kier alpha value is -0.520. The van der Waals surface area contributed by atoms with Gasteiger partial charge >= 0.3 is 0 Å². The van der Waals surface area contributed by atoms with Gasteiger partial charge in [0.2, 0.25) is 0 Å². The second kappa shape index (κ2) is 17.9. The maximum absolute atomic E-state index is 5.58. The lowest BCUT2D eigenvalue weighted by Gasteiger charge is -2.15. The molecule has 0 amide bonds. The molecular formula is C24H44O2. The zero-order valence-corrected chi connectivity index (χ0v) is 17.7. The Morgan fingerprint density at radius 1 is 0.731 bits per heavy atom. The second-order valence-corrected chi connectivity index (χ2v) is 8.12. The first-order chi connectivity index (χ1) is 12.8. The lowest BCUT2D eigenvalue weighted by Crippen LogP contribution is -2.10. The van der Waals surface area contributed by atoms with Crippen LogP contribution < -0.4 is 0 Å². The fraction of sp³-hybridized carbons (Fsp3) is 0.917. The molecule has 0 aliphatic heterocycles. The highest BCUT2D eigenvalue weighted by Crippen LogP contribution is 2.22. The van der Waals surface area contributed by atoms with Crippen LogP contribution in [0.5, 0.6) is 0 Å². The van der Waals surface area contributed by atoms with Gasteiger partial charge in [-0.15, -0.1) is 5.92 Å². The maximum atomic E-state index is 5.58. The molecule has 2 heteroatoms. The molecule has 1 aliphatic carbocycles. The highest BCUT2D eigenvalue weighted by Gasteiger charge is 2.09. The van der Waals surface area contributed by atoms with E-state index in [1.54, 1.807) is 0 Å². The molecule has 1 fully saturated rings. The van der Waals surface area contributed by atoms with Gasteiger partial charge in [0, 0.05) is 18.9 Å². The van der Waals surface area contributed by atoms with Crippen LogP contribution in [0.3, 0.4) is 0 Å². The van der Waals surface area contributed by atoms with E-state index < -0.39 is 0 Å². The van der Waals surface area contributed by atoms with Gasteiger partial charge in [-0.25, -0.2) is 0 Å². The van der Waals surface area contributed by atoms with Crippen molar-refractivity contribution in [2.75, 3.05) is 19.8 Å². The summed E-state index contributed by atoms with van der Waals surface area (Å²) in [5, 5.41) is 0. The molecule has 0 radical (unpaired) electrons. The van der Waals surface area contributed by atoms with E-state index in [2.05, 4.69) is 25.7 Å². The predicted molar refractivity (Wildman–Crippen MR) is 112 cm³/mol. The Morgan fingerprint density at radius 3 is 2.00 bits per heavy atom. The fourth-order valence-corrected chi connectivity index (χ4v) is 3.56. The van der Waals surface area contributed by atoms with E-state index in [0.29, 0.717) is 6.10 Å². The summed E-state index contributed by atoms with van der Waals surface area (Å²) in [4.78, 5) is 0. The predicted octanol–water partition coefficient (Wildman–Crippen LogP) is 6.91. The standard InChI is InChI=1S/C24H44O2/c1-23(2)26-22-21-25-20-16-11-9-7-5-3-4-6-8-10-13-17-24-18-14-12-15-19-24/h23-24H,3-12,14-16,18-22H2,1-2H3. The van der Waals surface area contributed by atoms with Crippen LogP contribution in [0.25, 0.3) is 0 Å². The number of hydrogen-bond acceptors (Lipinski definition) is 2. The number of hydrogen-bond donors (Lipinski definition) is 0. The summed E-state index contributed by atoms with van der Waals surface area (Å²) in [6, 6.07) is 0. The topological polar surface area (TPSA) is 18.5 Å².